The van der Waals surface area contributed by atoms with E-state index in [1.54, 1.807) is 0 Å². The van der Waals surface area contributed by atoms with Gasteiger partial charge in [0, 0.05) is 23.0 Å². The topological polar surface area (TPSA) is 49.9 Å². The number of fused-ring (bicyclic) bond motifs is 3. The number of hydrogen-bond acceptors (Lipinski definition) is 2. The predicted molar refractivity (Wildman–Crippen MR) is 64.2 cm³/mol. The van der Waals surface area contributed by atoms with Gasteiger partial charge in [-0.15, -0.1) is 0 Å². The molecule has 2 aromatic rings. The summed E-state index contributed by atoms with van der Waals surface area (Å²) in [5.41, 5.74) is 3.35. The van der Waals surface area contributed by atoms with Gasteiger partial charge in [0.15, 0.2) is 9.84 Å². The van der Waals surface area contributed by atoms with Gasteiger partial charge in [0.05, 0.1) is 11.5 Å². The molecule has 3 rings (SSSR count). The third kappa shape index (κ3) is 1.65. The summed E-state index contributed by atoms with van der Waals surface area (Å²) in [6.07, 6.45) is 0.493. The van der Waals surface area contributed by atoms with Gasteiger partial charge in [0.2, 0.25) is 0 Å². The highest BCUT2D eigenvalue weighted by Gasteiger charge is 2.25. The van der Waals surface area contributed by atoms with Crippen molar-refractivity contribution in [2.75, 3.05) is 5.75 Å². The van der Waals surface area contributed by atoms with E-state index in [1.807, 2.05) is 6.92 Å². The van der Waals surface area contributed by atoms with Crippen LogP contribution < -0.4 is 0 Å². The van der Waals surface area contributed by atoms with E-state index in [0.29, 0.717) is 11.8 Å². The monoisotopic (exact) mass is 253 g/mol. The normalized spacial score (nSPS) is 18.2. The zero-order chi connectivity index (χ0) is 12.2. The van der Waals surface area contributed by atoms with Gasteiger partial charge >= 0.3 is 0 Å². The average Bonchev–Trinajstić information content (AvgIpc) is 2.55. The van der Waals surface area contributed by atoms with Crippen molar-refractivity contribution in [3.63, 3.8) is 0 Å². The zero-order valence-corrected chi connectivity index (χ0v) is 10.2. The first-order chi connectivity index (χ1) is 7.96. The molecule has 1 aliphatic heterocycles. The quantitative estimate of drug-likeness (QED) is 0.781. The van der Waals surface area contributed by atoms with Gasteiger partial charge < -0.3 is 4.98 Å². The Morgan fingerprint density at radius 2 is 2.12 bits per heavy atom. The van der Waals surface area contributed by atoms with E-state index in [0.717, 1.165) is 22.3 Å². The molecule has 0 bridgehead atoms. The van der Waals surface area contributed by atoms with Crippen LogP contribution in [0.5, 0.6) is 0 Å². The lowest BCUT2D eigenvalue weighted by Gasteiger charge is -2.11. The van der Waals surface area contributed by atoms with Crippen LogP contribution in [0.1, 0.15) is 16.8 Å². The molecule has 2 heterocycles. The Kier molecular flexibility index (Phi) is 2.10. The minimum Gasteiger partial charge on any atom is -0.358 e. The molecule has 17 heavy (non-hydrogen) atoms. The number of aryl methyl sites for hydroxylation is 2. The van der Waals surface area contributed by atoms with Crippen molar-refractivity contribution in [3.8, 4) is 0 Å². The van der Waals surface area contributed by atoms with Crippen molar-refractivity contribution in [3.05, 3.63) is 34.8 Å². The first kappa shape index (κ1) is 10.8. The standard InChI is InChI=1S/C12H12FNO2S/c1-7-4-8(13)5-9-10-6-17(15,16)3-2-11(10)14-12(7)9/h4-5,14H,2-3,6H2,1H3. The lowest BCUT2D eigenvalue weighted by atomic mass is 10.1. The van der Waals surface area contributed by atoms with Gasteiger partial charge in [0.25, 0.3) is 0 Å². The third-order valence-electron chi connectivity index (χ3n) is 3.29. The lowest BCUT2D eigenvalue weighted by Crippen LogP contribution is -2.18. The van der Waals surface area contributed by atoms with E-state index in [9.17, 15) is 12.8 Å². The Balaban J connectivity index is 2.35. The van der Waals surface area contributed by atoms with Gasteiger partial charge in [-0.05, 0) is 30.2 Å². The molecule has 0 spiro atoms. The number of benzene rings is 1. The van der Waals surface area contributed by atoms with E-state index in [2.05, 4.69) is 4.98 Å². The number of halogens is 1. The molecule has 0 atom stereocenters. The highest BCUT2D eigenvalue weighted by Crippen LogP contribution is 2.31. The summed E-state index contributed by atoms with van der Waals surface area (Å²) in [5.74, 6) is -0.126. The van der Waals surface area contributed by atoms with E-state index in [-0.39, 0.29) is 17.3 Å². The smallest absolute Gasteiger partial charge is 0.154 e. The molecule has 1 aromatic heterocycles. The van der Waals surface area contributed by atoms with Crippen molar-refractivity contribution >= 4 is 20.7 Å². The second kappa shape index (κ2) is 3.32. The molecule has 90 valence electrons. The van der Waals surface area contributed by atoms with Gasteiger partial charge in [-0.3, -0.25) is 0 Å². The minimum atomic E-state index is -3.03. The van der Waals surface area contributed by atoms with Crippen LogP contribution in [-0.4, -0.2) is 19.2 Å². The van der Waals surface area contributed by atoms with E-state index < -0.39 is 9.84 Å². The van der Waals surface area contributed by atoms with Gasteiger partial charge in [-0.1, -0.05) is 0 Å². The van der Waals surface area contributed by atoms with Crippen LogP contribution >= 0.6 is 0 Å². The largest absolute Gasteiger partial charge is 0.358 e. The van der Waals surface area contributed by atoms with Crippen LogP contribution in [0, 0.1) is 12.7 Å². The lowest BCUT2D eigenvalue weighted by molar-refractivity contribution is 0.591. The summed E-state index contributed by atoms with van der Waals surface area (Å²) in [4.78, 5) is 3.22. The second-order valence-corrected chi connectivity index (χ2v) is 6.75. The van der Waals surface area contributed by atoms with Crippen LogP contribution in [0.3, 0.4) is 0 Å². The zero-order valence-electron chi connectivity index (χ0n) is 9.38. The minimum absolute atomic E-state index is 0.0191. The van der Waals surface area contributed by atoms with Crippen molar-refractivity contribution < 1.29 is 12.8 Å². The number of aromatic nitrogens is 1. The van der Waals surface area contributed by atoms with E-state index in [4.69, 9.17) is 0 Å². The predicted octanol–water partition coefficient (Wildman–Crippen LogP) is 2.09. The number of sulfone groups is 1. The molecular formula is C12H12FNO2S. The molecule has 0 saturated heterocycles. The molecule has 0 fully saturated rings. The Labute approximate surface area is 98.6 Å². The summed E-state index contributed by atoms with van der Waals surface area (Å²) in [6.45, 7) is 1.82. The van der Waals surface area contributed by atoms with Crippen LogP contribution in [0.2, 0.25) is 0 Å². The Morgan fingerprint density at radius 1 is 1.35 bits per heavy atom. The van der Waals surface area contributed by atoms with Crippen LogP contribution in [0.25, 0.3) is 10.9 Å². The molecule has 0 aliphatic carbocycles. The van der Waals surface area contributed by atoms with Crippen molar-refractivity contribution in [2.45, 2.75) is 19.1 Å². The maximum Gasteiger partial charge on any atom is 0.154 e. The molecule has 0 radical (unpaired) electrons. The molecule has 0 amide bonds. The first-order valence-corrected chi connectivity index (χ1v) is 7.28. The molecule has 3 nitrogen and oxygen atoms in total. The maximum atomic E-state index is 13.4. The first-order valence-electron chi connectivity index (χ1n) is 5.46. The number of H-pyrrole nitrogens is 1. The van der Waals surface area contributed by atoms with Crippen LogP contribution in [0.4, 0.5) is 4.39 Å². The van der Waals surface area contributed by atoms with Crippen LogP contribution in [0.15, 0.2) is 12.1 Å². The van der Waals surface area contributed by atoms with Gasteiger partial charge in [0.1, 0.15) is 5.82 Å². The molecule has 1 aromatic carbocycles. The molecule has 0 saturated carbocycles. The number of nitrogens with one attached hydrogen (secondary N) is 1. The highest BCUT2D eigenvalue weighted by atomic mass is 32.2. The Hall–Kier alpha value is -1.36. The summed E-state index contributed by atoms with van der Waals surface area (Å²) in [6, 6.07) is 2.87. The SMILES string of the molecule is Cc1cc(F)cc2c3c([nH]c12)CCS(=O)(=O)C3. The summed E-state index contributed by atoms with van der Waals surface area (Å²) in [5, 5.41) is 0.709. The molecule has 1 aliphatic rings. The maximum absolute atomic E-state index is 13.4. The highest BCUT2D eigenvalue weighted by molar-refractivity contribution is 7.90. The Bertz CT molecular complexity index is 716. The summed E-state index contributed by atoms with van der Waals surface area (Å²) in [7, 11) is -3.03. The number of aromatic amines is 1. The average molecular weight is 253 g/mol. The van der Waals surface area contributed by atoms with Gasteiger partial charge in [-0.2, -0.15) is 0 Å². The van der Waals surface area contributed by atoms with Crippen LogP contribution in [-0.2, 0) is 22.0 Å². The fourth-order valence-corrected chi connectivity index (χ4v) is 3.89. The molecule has 5 heteroatoms. The third-order valence-corrected chi connectivity index (χ3v) is 4.85. The van der Waals surface area contributed by atoms with Crippen molar-refractivity contribution in [1.29, 1.82) is 0 Å². The number of rotatable bonds is 0. The summed E-state index contributed by atoms with van der Waals surface area (Å²) < 4.78 is 36.6. The summed E-state index contributed by atoms with van der Waals surface area (Å²) >= 11 is 0. The fraction of sp³-hybridized carbons (Fsp3) is 0.333. The van der Waals surface area contributed by atoms with Crippen molar-refractivity contribution in [1.82, 2.24) is 4.98 Å². The second-order valence-electron chi connectivity index (χ2n) is 4.57. The molecule has 0 unspecified atom stereocenters. The van der Waals surface area contributed by atoms with Gasteiger partial charge in [-0.25, -0.2) is 12.8 Å². The van der Waals surface area contributed by atoms with E-state index >= 15 is 0 Å². The van der Waals surface area contributed by atoms with Crippen molar-refractivity contribution in [2.24, 2.45) is 0 Å². The fourth-order valence-electron chi connectivity index (χ4n) is 2.46. The number of hydrogen-bond donors (Lipinski definition) is 1. The van der Waals surface area contributed by atoms with E-state index in [1.165, 1.54) is 12.1 Å². The molecular weight excluding hydrogens is 241 g/mol. The Morgan fingerprint density at radius 3 is 2.88 bits per heavy atom. The molecule has 1 N–H and O–H groups in total.